The Morgan fingerprint density at radius 2 is 1.84 bits per heavy atom. The third kappa shape index (κ3) is 3.78. The first-order valence-electron chi connectivity index (χ1n) is 6.91. The summed E-state index contributed by atoms with van der Waals surface area (Å²) in [4.78, 5) is 0.313. The van der Waals surface area contributed by atoms with Crippen LogP contribution in [-0.4, -0.2) is 15.0 Å². The summed E-state index contributed by atoms with van der Waals surface area (Å²) in [5.41, 5.74) is 6.26. The van der Waals surface area contributed by atoms with Crippen molar-refractivity contribution >= 4 is 10.0 Å². The Morgan fingerprint density at radius 1 is 1.16 bits per heavy atom. The van der Waals surface area contributed by atoms with Gasteiger partial charge < -0.3 is 5.73 Å². The van der Waals surface area contributed by atoms with Crippen molar-refractivity contribution < 1.29 is 8.42 Å². The van der Waals surface area contributed by atoms with Crippen molar-refractivity contribution in [3.05, 3.63) is 29.8 Å². The van der Waals surface area contributed by atoms with Crippen LogP contribution in [-0.2, 0) is 16.6 Å². The molecule has 1 aromatic rings. The topological polar surface area (TPSA) is 72.2 Å². The van der Waals surface area contributed by atoms with Gasteiger partial charge in [-0.15, -0.1) is 0 Å². The molecule has 1 fully saturated rings. The van der Waals surface area contributed by atoms with Gasteiger partial charge in [-0.1, -0.05) is 37.5 Å². The molecule has 0 radical (unpaired) electrons. The summed E-state index contributed by atoms with van der Waals surface area (Å²) in [5, 5.41) is 0. The van der Waals surface area contributed by atoms with Crippen LogP contribution >= 0.6 is 0 Å². The monoisotopic (exact) mass is 282 g/mol. The van der Waals surface area contributed by atoms with Crippen molar-refractivity contribution in [2.24, 2.45) is 11.7 Å². The fraction of sp³-hybridized carbons (Fsp3) is 0.571. The summed E-state index contributed by atoms with van der Waals surface area (Å²) in [6.45, 7) is 0.780. The zero-order valence-electron chi connectivity index (χ0n) is 11.1. The molecule has 0 unspecified atom stereocenters. The molecule has 0 aliphatic heterocycles. The number of rotatable bonds is 5. The van der Waals surface area contributed by atoms with Crippen molar-refractivity contribution in [3.8, 4) is 0 Å². The Bertz CT molecular complexity index is 508. The molecule has 1 aromatic carbocycles. The second-order valence-corrected chi connectivity index (χ2v) is 6.90. The quantitative estimate of drug-likeness (QED) is 0.867. The first kappa shape index (κ1) is 14.5. The molecule has 1 aliphatic rings. The lowest BCUT2D eigenvalue weighted by atomic mass is 9.90. The molecule has 106 valence electrons. The molecule has 0 aromatic heterocycles. The first-order chi connectivity index (χ1) is 9.13. The molecule has 0 bridgehead atoms. The van der Waals surface area contributed by atoms with Crippen LogP contribution in [0.4, 0.5) is 0 Å². The normalized spacial score (nSPS) is 17.5. The third-order valence-electron chi connectivity index (χ3n) is 3.77. The van der Waals surface area contributed by atoms with Gasteiger partial charge in [-0.2, -0.15) is 0 Å². The van der Waals surface area contributed by atoms with Gasteiger partial charge in [-0.25, -0.2) is 13.1 Å². The minimum Gasteiger partial charge on any atom is -0.326 e. The summed E-state index contributed by atoms with van der Waals surface area (Å²) in [5.74, 6) is 0.480. The Labute approximate surface area is 115 Å². The number of hydrogen-bond donors (Lipinski definition) is 2. The van der Waals surface area contributed by atoms with E-state index in [1.165, 1.54) is 19.3 Å². The predicted molar refractivity (Wildman–Crippen MR) is 76.1 cm³/mol. The first-order valence-corrected chi connectivity index (χ1v) is 8.39. The minimum absolute atomic E-state index is 0.237. The Balaban J connectivity index is 2.05. The predicted octanol–water partition coefficient (Wildman–Crippen LogP) is 2.00. The number of nitrogens with two attached hydrogens (primary N) is 1. The largest absolute Gasteiger partial charge is 0.326 e. The van der Waals surface area contributed by atoms with E-state index >= 15 is 0 Å². The molecule has 0 atom stereocenters. The van der Waals surface area contributed by atoms with E-state index in [2.05, 4.69) is 4.72 Å². The maximum absolute atomic E-state index is 12.3. The zero-order valence-corrected chi connectivity index (χ0v) is 12.0. The van der Waals surface area contributed by atoms with Crippen LogP contribution in [0.25, 0.3) is 0 Å². The van der Waals surface area contributed by atoms with Crippen LogP contribution in [0, 0.1) is 5.92 Å². The number of benzene rings is 1. The van der Waals surface area contributed by atoms with E-state index in [0.29, 0.717) is 22.9 Å². The van der Waals surface area contributed by atoms with Crippen LogP contribution in [0.15, 0.2) is 29.2 Å². The molecule has 0 spiro atoms. The highest BCUT2D eigenvalue weighted by atomic mass is 32.2. The average molecular weight is 282 g/mol. The molecule has 3 N–H and O–H groups in total. The number of sulfonamides is 1. The maximum atomic E-state index is 12.3. The van der Waals surface area contributed by atoms with E-state index in [1.54, 1.807) is 18.2 Å². The van der Waals surface area contributed by atoms with Gasteiger partial charge in [0, 0.05) is 13.1 Å². The molecule has 1 saturated carbocycles. The summed E-state index contributed by atoms with van der Waals surface area (Å²) in [7, 11) is -3.43. The van der Waals surface area contributed by atoms with E-state index in [4.69, 9.17) is 5.73 Å². The van der Waals surface area contributed by atoms with Gasteiger partial charge in [-0.3, -0.25) is 0 Å². The zero-order chi connectivity index (χ0) is 13.7. The highest BCUT2D eigenvalue weighted by Crippen LogP contribution is 2.23. The molecule has 4 nitrogen and oxygen atoms in total. The molecule has 19 heavy (non-hydrogen) atoms. The second kappa shape index (κ2) is 6.50. The molecule has 1 aliphatic carbocycles. The minimum atomic E-state index is -3.43. The van der Waals surface area contributed by atoms with Crippen molar-refractivity contribution in [2.75, 3.05) is 6.54 Å². The third-order valence-corrected chi connectivity index (χ3v) is 5.29. The SMILES string of the molecule is NCc1ccccc1S(=O)(=O)NCC1CCCCC1. The van der Waals surface area contributed by atoms with Gasteiger partial charge in [0.2, 0.25) is 10.0 Å². The maximum Gasteiger partial charge on any atom is 0.240 e. The van der Waals surface area contributed by atoms with Gasteiger partial charge >= 0.3 is 0 Å². The van der Waals surface area contributed by atoms with Gasteiger partial charge in [0.15, 0.2) is 0 Å². The summed E-state index contributed by atoms with van der Waals surface area (Å²) in [6, 6.07) is 6.91. The van der Waals surface area contributed by atoms with Crippen LogP contribution in [0.3, 0.4) is 0 Å². The summed E-state index contributed by atoms with van der Waals surface area (Å²) in [6.07, 6.45) is 5.96. The molecular formula is C14H22N2O2S. The van der Waals surface area contributed by atoms with Gasteiger partial charge in [-0.05, 0) is 30.4 Å². The van der Waals surface area contributed by atoms with Crippen LogP contribution in [0.1, 0.15) is 37.7 Å². The van der Waals surface area contributed by atoms with Crippen LogP contribution in [0.2, 0.25) is 0 Å². The Morgan fingerprint density at radius 3 is 2.53 bits per heavy atom. The lowest BCUT2D eigenvalue weighted by Crippen LogP contribution is -2.31. The van der Waals surface area contributed by atoms with E-state index in [-0.39, 0.29) is 6.54 Å². The van der Waals surface area contributed by atoms with E-state index in [1.807, 2.05) is 6.07 Å². The van der Waals surface area contributed by atoms with Crippen molar-refractivity contribution in [2.45, 2.75) is 43.5 Å². The molecular weight excluding hydrogens is 260 g/mol. The Kier molecular flexibility index (Phi) is 4.96. The summed E-state index contributed by atoms with van der Waals surface area (Å²) >= 11 is 0. The smallest absolute Gasteiger partial charge is 0.240 e. The Hall–Kier alpha value is -0.910. The van der Waals surface area contributed by atoms with Gasteiger partial charge in [0.1, 0.15) is 0 Å². The molecule has 0 heterocycles. The standard InChI is InChI=1S/C14H22N2O2S/c15-10-13-8-4-5-9-14(13)19(17,18)16-11-12-6-2-1-3-7-12/h4-5,8-9,12,16H,1-3,6-7,10-11,15H2. The lowest BCUT2D eigenvalue weighted by molar-refractivity contribution is 0.357. The number of nitrogens with one attached hydrogen (secondary N) is 1. The van der Waals surface area contributed by atoms with E-state index in [0.717, 1.165) is 12.8 Å². The average Bonchev–Trinajstić information content (AvgIpc) is 2.46. The van der Waals surface area contributed by atoms with E-state index in [9.17, 15) is 8.42 Å². The molecule has 0 saturated heterocycles. The van der Waals surface area contributed by atoms with Crippen LogP contribution < -0.4 is 10.5 Å². The van der Waals surface area contributed by atoms with Crippen molar-refractivity contribution in [1.29, 1.82) is 0 Å². The summed E-state index contributed by atoms with van der Waals surface area (Å²) < 4.78 is 27.3. The van der Waals surface area contributed by atoms with Gasteiger partial charge in [0.25, 0.3) is 0 Å². The fourth-order valence-electron chi connectivity index (χ4n) is 2.63. The van der Waals surface area contributed by atoms with Crippen LogP contribution in [0.5, 0.6) is 0 Å². The molecule has 5 heteroatoms. The highest BCUT2D eigenvalue weighted by molar-refractivity contribution is 7.89. The van der Waals surface area contributed by atoms with E-state index < -0.39 is 10.0 Å². The second-order valence-electron chi connectivity index (χ2n) is 5.17. The molecule has 0 amide bonds. The molecule has 2 rings (SSSR count). The van der Waals surface area contributed by atoms with Crippen molar-refractivity contribution in [1.82, 2.24) is 4.72 Å². The highest BCUT2D eigenvalue weighted by Gasteiger charge is 2.20. The lowest BCUT2D eigenvalue weighted by Gasteiger charge is -2.22. The number of hydrogen-bond acceptors (Lipinski definition) is 3. The fourth-order valence-corrected chi connectivity index (χ4v) is 4.00. The van der Waals surface area contributed by atoms with Gasteiger partial charge in [0.05, 0.1) is 4.90 Å². The van der Waals surface area contributed by atoms with Crippen molar-refractivity contribution in [3.63, 3.8) is 0 Å².